The van der Waals surface area contributed by atoms with Gasteiger partial charge >= 0.3 is 0 Å². The second-order valence-electron chi connectivity index (χ2n) is 7.15. The molecule has 0 bridgehead atoms. The summed E-state index contributed by atoms with van der Waals surface area (Å²) < 4.78 is 0. The molecule has 3 aromatic carbocycles. The molecule has 1 atom stereocenters. The number of aromatic nitrogens is 4. The van der Waals surface area contributed by atoms with Gasteiger partial charge in [0.15, 0.2) is 0 Å². The van der Waals surface area contributed by atoms with Crippen LogP contribution in [-0.2, 0) is 6.42 Å². The van der Waals surface area contributed by atoms with Crippen LogP contribution in [0.3, 0.4) is 0 Å². The molecule has 0 saturated carbocycles. The minimum Gasteiger partial charge on any atom is -0.384 e. The number of nitrogen functional groups attached to an aromatic ring is 1. The lowest BCUT2D eigenvalue weighted by Gasteiger charge is -2.12. The molecule has 0 aliphatic rings. The Morgan fingerprint density at radius 1 is 0.828 bits per heavy atom. The van der Waals surface area contributed by atoms with Gasteiger partial charge in [-0.15, -0.1) is 0 Å². The van der Waals surface area contributed by atoms with Crippen LogP contribution in [0.25, 0.3) is 22.1 Å². The maximum absolute atomic E-state index is 7.68. The first-order chi connectivity index (χ1) is 14.2. The largest absolute Gasteiger partial charge is 0.384 e. The van der Waals surface area contributed by atoms with E-state index in [4.69, 9.17) is 21.1 Å². The number of nitrogens with one attached hydrogen (secondary N) is 3. The van der Waals surface area contributed by atoms with Gasteiger partial charge in [0.25, 0.3) is 0 Å². The average molecular weight is 380 g/mol. The van der Waals surface area contributed by atoms with Crippen molar-refractivity contribution < 1.29 is 0 Å². The van der Waals surface area contributed by atoms with Crippen LogP contribution in [0.1, 0.15) is 28.7 Å². The highest BCUT2D eigenvalue weighted by atomic mass is 15.0. The molecule has 1 unspecified atom stereocenters. The molecule has 0 amide bonds. The molecular formula is C23H20N6. The number of para-hydroxylation sites is 2. The zero-order valence-corrected chi connectivity index (χ0v) is 15.7. The van der Waals surface area contributed by atoms with Gasteiger partial charge in [-0.2, -0.15) is 0 Å². The first kappa shape index (κ1) is 17.2. The lowest BCUT2D eigenvalue weighted by atomic mass is 9.98. The summed E-state index contributed by atoms with van der Waals surface area (Å²) in [5.74, 6) is 1.70. The van der Waals surface area contributed by atoms with Crippen molar-refractivity contribution in [1.29, 1.82) is 5.41 Å². The van der Waals surface area contributed by atoms with Crippen molar-refractivity contribution in [3.05, 3.63) is 95.6 Å². The van der Waals surface area contributed by atoms with Crippen LogP contribution in [0.15, 0.2) is 72.8 Å². The zero-order valence-electron chi connectivity index (χ0n) is 15.7. The van der Waals surface area contributed by atoms with Crippen molar-refractivity contribution in [3.8, 4) is 0 Å². The van der Waals surface area contributed by atoms with E-state index in [-0.39, 0.29) is 11.8 Å². The first-order valence-electron chi connectivity index (χ1n) is 9.50. The SMILES string of the molecule is N=C(N)c1ccc2nc(C(Cc3ccccc3)c3nc4ccccc4[nH]3)[nH]c2c1. The van der Waals surface area contributed by atoms with Crippen molar-refractivity contribution in [3.63, 3.8) is 0 Å². The standard InChI is InChI=1S/C23H20N6/c24-21(25)15-10-11-19-20(13-15)29-23(28-19)16(12-14-6-2-1-3-7-14)22-26-17-8-4-5-9-18(17)27-22/h1-11,13,16H,12H2,(H3,24,25)(H,26,27)(H,28,29). The van der Waals surface area contributed by atoms with E-state index < -0.39 is 0 Å². The smallest absolute Gasteiger partial charge is 0.122 e. The molecule has 5 N–H and O–H groups in total. The third-order valence-electron chi connectivity index (χ3n) is 5.16. The minimum absolute atomic E-state index is 0.0427. The molecule has 0 aliphatic heterocycles. The molecule has 2 aromatic heterocycles. The summed E-state index contributed by atoms with van der Waals surface area (Å²) in [6, 6.07) is 24.0. The van der Waals surface area contributed by atoms with Gasteiger partial charge in [-0.1, -0.05) is 42.5 Å². The number of rotatable bonds is 5. The van der Waals surface area contributed by atoms with Crippen LogP contribution in [0.4, 0.5) is 0 Å². The third-order valence-corrected chi connectivity index (χ3v) is 5.16. The summed E-state index contributed by atoms with van der Waals surface area (Å²) in [5.41, 5.74) is 11.2. The highest BCUT2D eigenvalue weighted by Gasteiger charge is 2.22. The molecule has 6 heteroatoms. The van der Waals surface area contributed by atoms with Crippen molar-refractivity contribution in [2.75, 3.05) is 0 Å². The Kier molecular flexibility index (Phi) is 4.09. The van der Waals surface area contributed by atoms with E-state index in [1.165, 1.54) is 5.56 Å². The van der Waals surface area contributed by atoms with Gasteiger partial charge in [0.05, 0.1) is 28.0 Å². The highest BCUT2D eigenvalue weighted by Crippen LogP contribution is 2.28. The minimum atomic E-state index is -0.0574. The number of nitrogens with two attached hydrogens (primary N) is 1. The maximum Gasteiger partial charge on any atom is 0.122 e. The van der Waals surface area contributed by atoms with E-state index in [9.17, 15) is 0 Å². The van der Waals surface area contributed by atoms with Gasteiger partial charge in [0.1, 0.15) is 17.5 Å². The number of amidine groups is 1. The van der Waals surface area contributed by atoms with Gasteiger partial charge in [0, 0.05) is 5.56 Å². The van der Waals surface area contributed by atoms with Crippen LogP contribution in [-0.4, -0.2) is 25.8 Å². The van der Waals surface area contributed by atoms with E-state index in [1.807, 2.05) is 60.7 Å². The number of aromatic amines is 2. The normalized spacial score (nSPS) is 12.4. The Bertz CT molecular complexity index is 1280. The molecule has 29 heavy (non-hydrogen) atoms. The summed E-state index contributed by atoms with van der Waals surface area (Å²) in [4.78, 5) is 16.6. The predicted octanol–water partition coefficient (Wildman–Crippen LogP) is 4.10. The van der Waals surface area contributed by atoms with Crippen LogP contribution >= 0.6 is 0 Å². The fourth-order valence-electron chi connectivity index (χ4n) is 3.67. The zero-order chi connectivity index (χ0) is 19.8. The van der Waals surface area contributed by atoms with Gasteiger partial charge in [0.2, 0.25) is 0 Å². The number of imidazole rings is 2. The van der Waals surface area contributed by atoms with E-state index in [1.54, 1.807) is 0 Å². The second kappa shape index (κ2) is 6.91. The molecule has 142 valence electrons. The molecule has 0 aliphatic carbocycles. The van der Waals surface area contributed by atoms with Gasteiger partial charge < -0.3 is 15.7 Å². The molecule has 0 saturated heterocycles. The van der Waals surface area contributed by atoms with Crippen LogP contribution in [0.2, 0.25) is 0 Å². The van der Waals surface area contributed by atoms with Gasteiger partial charge in [-0.3, -0.25) is 5.41 Å². The highest BCUT2D eigenvalue weighted by molar-refractivity contribution is 5.97. The molecular weight excluding hydrogens is 360 g/mol. The Balaban J connectivity index is 1.63. The maximum atomic E-state index is 7.68. The van der Waals surface area contributed by atoms with Crippen LogP contribution in [0, 0.1) is 5.41 Å². The number of benzene rings is 3. The summed E-state index contributed by atoms with van der Waals surface area (Å²) in [7, 11) is 0. The Labute approximate surface area is 167 Å². The van der Waals surface area contributed by atoms with Crippen LogP contribution < -0.4 is 5.73 Å². The lowest BCUT2D eigenvalue weighted by Crippen LogP contribution is -2.10. The second-order valence-corrected chi connectivity index (χ2v) is 7.15. The molecule has 5 rings (SSSR count). The molecule has 0 fully saturated rings. The lowest BCUT2D eigenvalue weighted by molar-refractivity contribution is 0.714. The number of H-pyrrole nitrogens is 2. The molecule has 0 spiro atoms. The fraction of sp³-hybridized carbons (Fsp3) is 0.0870. The summed E-state index contributed by atoms with van der Waals surface area (Å²) in [5, 5.41) is 7.68. The Hall–Kier alpha value is -3.93. The summed E-state index contributed by atoms with van der Waals surface area (Å²) >= 11 is 0. The number of fused-ring (bicyclic) bond motifs is 2. The monoisotopic (exact) mass is 380 g/mol. The fourth-order valence-corrected chi connectivity index (χ4v) is 3.67. The third kappa shape index (κ3) is 3.25. The van der Waals surface area contributed by atoms with Crippen molar-refractivity contribution in [1.82, 2.24) is 19.9 Å². The predicted molar refractivity (Wildman–Crippen MR) is 115 cm³/mol. The van der Waals surface area contributed by atoms with Gasteiger partial charge in [-0.25, -0.2) is 9.97 Å². The van der Waals surface area contributed by atoms with Crippen molar-refractivity contribution in [2.24, 2.45) is 5.73 Å². The molecule has 0 radical (unpaired) electrons. The van der Waals surface area contributed by atoms with Gasteiger partial charge in [-0.05, 0) is 42.3 Å². The molecule has 2 heterocycles. The number of nitrogens with zero attached hydrogens (tertiary/aromatic N) is 2. The van der Waals surface area contributed by atoms with Crippen molar-refractivity contribution in [2.45, 2.75) is 12.3 Å². The summed E-state index contributed by atoms with van der Waals surface area (Å²) in [6.07, 6.45) is 0.764. The van der Waals surface area contributed by atoms with E-state index in [0.717, 1.165) is 40.1 Å². The topological polar surface area (TPSA) is 107 Å². The van der Waals surface area contributed by atoms with E-state index >= 15 is 0 Å². The Morgan fingerprint density at radius 2 is 1.48 bits per heavy atom. The number of hydrogen-bond acceptors (Lipinski definition) is 3. The van der Waals surface area contributed by atoms with E-state index in [2.05, 4.69) is 22.1 Å². The Morgan fingerprint density at radius 3 is 2.21 bits per heavy atom. The first-order valence-corrected chi connectivity index (χ1v) is 9.50. The van der Waals surface area contributed by atoms with E-state index in [0.29, 0.717) is 5.56 Å². The van der Waals surface area contributed by atoms with Crippen LogP contribution in [0.5, 0.6) is 0 Å². The average Bonchev–Trinajstić information content (AvgIpc) is 3.36. The van der Waals surface area contributed by atoms with Crippen molar-refractivity contribution >= 4 is 27.9 Å². The molecule has 6 nitrogen and oxygen atoms in total. The molecule has 5 aromatic rings. The summed E-state index contributed by atoms with van der Waals surface area (Å²) in [6.45, 7) is 0. The quantitative estimate of drug-likeness (QED) is 0.272. The number of hydrogen-bond donors (Lipinski definition) is 4.